The number of hydrogen-bond acceptors (Lipinski definition) is 4. The van der Waals surface area contributed by atoms with Crippen LogP contribution in [0.3, 0.4) is 0 Å². The number of nitrogens with zero attached hydrogens (tertiary/aromatic N) is 4. The lowest BCUT2D eigenvalue weighted by molar-refractivity contribution is 0.372. The summed E-state index contributed by atoms with van der Waals surface area (Å²) in [5, 5.41) is 3.98. The maximum absolute atomic E-state index is 5.25. The Labute approximate surface area is 124 Å². The van der Waals surface area contributed by atoms with Crippen LogP contribution < -0.4 is 0 Å². The Kier molecular flexibility index (Phi) is 3.92. The van der Waals surface area contributed by atoms with Gasteiger partial charge in [-0.2, -0.15) is 4.98 Å². The number of aromatic nitrogens is 4. The van der Waals surface area contributed by atoms with Crippen LogP contribution in [-0.2, 0) is 19.4 Å². The third kappa shape index (κ3) is 3.33. The van der Waals surface area contributed by atoms with Crippen molar-refractivity contribution < 1.29 is 4.52 Å². The summed E-state index contributed by atoms with van der Waals surface area (Å²) < 4.78 is 8.25. The number of imidazole rings is 1. The van der Waals surface area contributed by atoms with Crippen molar-refractivity contribution in [1.82, 2.24) is 19.7 Å². The summed E-state index contributed by atoms with van der Waals surface area (Å²) >= 11 is 3.42. The predicted molar refractivity (Wildman–Crippen MR) is 77.2 cm³/mol. The molecule has 0 N–H and O–H groups in total. The summed E-state index contributed by atoms with van der Waals surface area (Å²) in [4.78, 5) is 8.36. The molecule has 2 heterocycles. The molecular weight excluding hydrogens is 320 g/mol. The smallest absolute Gasteiger partial charge is 0.227 e. The molecule has 0 aliphatic carbocycles. The Morgan fingerprint density at radius 3 is 2.75 bits per heavy atom. The minimum Gasteiger partial charge on any atom is -0.339 e. The van der Waals surface area contributed by atoms with Crippen molar-refractivity contribution in [2.24, 2.45) is 0 Å². The number of halogens is 1. The Morgan fingerprint density at radius 1 is 1.15 bits per heavy atom. The quantitative estimate of drug-likeness (QED) is 0.720. The van der Waals surface area contributed by atoms with Crippen LogP contribution in [0.2, 0.25) is 0 Å². The fourth-order valence-electron chi connectivity index (χ4n) is 1.90. The van der Waals surface area contributed by atoms with Gasteiger partial charge in [0.25, 0.3) is 0 Å². The molecule has 0 radical (unpaired) electrons. The molecule has 0 aliphatic heterocycles. The summed E-state index contributed by atoms with van der Waals surface area (Å²) in [5.74, 6) is 1.34. The van der Waals surface area contributed by atoms with Crippen molar-refractivity contribution in [2.75, 3.05) is 0 Å². The van der Waals surface area contributed by atoms with E-state index in [-0.39, 0.29) is 0 Å². The highest BCUT2D eigenvalue weighted by Crippen LogP contribution is 2.12. The third-order valence-electron chi connectivity index (χ3n) is 2.93. The second kappa shape index (κ2) is 6.00. The first-order valence-corrected chi connectivity index (χ1v) is 7.10. The first-order valence-electron chi connectivity index (χ1n) is 6.31. The molecule has 5 nitrogen and oxygen atoms in total. The second-order valence-corrected chi connectivity index (χ2v) is 5.38. The van der Waals surface area contributed by atoms with Gasteiger partial charge < -0.3 is 9.09 Å². The fourth-order valence-corrected chi connectivity index (χ4v) is 2.17. The van der Waals surface area contributed by atoms with E-state index in [4.69, 9.17) is 4.52 Å². The van der Waals surface area contributed by atoms with Crippen LogP contribution in [0.5, 0.6) is 0 Å². The zero-order valence-electron chi connectivity index (χ0n) is 10.7. The SMILES string of the molecule is Brc1ccc(CCc2nc(Cn3ccnc3)no2)cc1. The van der Waals surface area contributed by atoms with Crippen molar-refractivity contribution in [1.29, 1.82) is 0 Å². The highest BCUT2D eigenvalue weighted by Gasteiger charge is 2.07. The third-order valence-corrected chi connectivity index (χ3v) is 3.46. The van der Waals surface area contributed by atoms with Gasteiger partial charge in [0.15, 0.2) is 5.82 Å². The van der Waals surface area contributed by atoms with Crippen molar-refractivity contribution in [3.63, 3.8) is 0 Å². The van der Waals surface area contributed by atoms with Crippen LogP contribution in [0.15, 0.2) is 52.0 Å². The lowest BCUT2D eigenvalue weighted by Gasteiger charge is -1.98. The van der Waals surface area contributed by atoms with E-state index in [0.717, 1.165) is 17.3 Å². The Morgan fingerprint density at radius 2 is 2.00 bits per heavy atom. The van der Waals surface area contributed by atoms with Crippen LogP contribution in [0.1, 0.15) is 17.3 Å². The van der Waals surface area contributed by atoms with Crippen LogP contribution >= 0.6 is 15.9 Å². The van der Waals surface area contributed by atoms with Gasteiger partial charge in [0.1, 0.15) is 0 Å². The normalized spacial score (nSPS) is 10.8. The van der Waals surface area contributed by atoms with Crippen molar-refractivity contribution in [2.45, 2.75) is 19.4 Å². The molecule has 20 heavy (non-hydrogen) atoms. The molecule has 0 bridgehead atoms. The van der Waals surface area contributed by atoms with E-state index in [2.05, 4.69) is 43.2 Å². The fraction of sp³-hybridized carbons (Fsp3) is 0.214. The van der Waals surface area contributed by atoms with E-state index in [1.807, 2.05) is 22.9 Å². The molecular formula is C14H13BrN4O. The molecule has 0 fully saturated rings. The van der Waals surface area contributed by atoms with E-state index in [9.17, 15) is 0 Å². The van der Waals surface area contributed by atoms with E-state index in [0.29, 0.717) is 18.3 Å². The molecule has 0 saturated heterocycles. The average molecular weight is 333 g/mol. The van der Waals surface area contributed by atoms with Gasteiger partial charge in [-0.05, 0) is 24.1 Å². The zero-order chi connectivity index (χ0) is 13.8. The second-order valence-electron chi connectivity index (χ2n) is 4.47. The molecule has 6 heteroatoms. The van der Waals surface area contributed by atoms with E-state index in [1.165, 1.54) is 5.56 Å². The minimum absolute atomic E-state index is 0.585. The number of benzene rings is 1. The van der Waals surface area contributed by atoms with Gasteiger partial charge in [0.2, 0.25) is 5.89 Å². The van der Waals surface area contributed by atoms with Gasteiger partial charge in [-0.25, -0.2) is 4.98 Å². The van der Waals surface area contributed by atoms with Gasteiger partial charge in [0.05, 0.1) is 12.9 Å². The summed E-state index contributed by atoms with van der Waals surface area (Å²) in [6.07, 6.45) is 6.98. The van der Waals surface area contributed by atoms with Gasteiger partial charge in [-0.1, -0.05) is 33.2 Å². The van der Waals surface area contributed by atoms with Gasteiger partial charge in [-0.3, -0.25) is 0 Å². The van der Waals surface area contributed by atoms with Gasteiger partial charge in [0, 0.05) is 23.3 Å². The summed E-state index contributed by atoms with van der Waals surface area (Å²) in [7, 11) is 0. The maximum Gasteiger partial charge on any atom is 0.227 e. The molecule has 0 atom stereocenters. The summed E-state index contributed by atoms with van der Waals surface area (Å²) in [5.41, 5.74) is 1.25. The van der Waals surface area contributed by atoms with E-state index < -0.39 is 0 Å². The van der Waals surface area contributed by atoms with Crippen molar-refractivity contribution >= 4 is 15.9 Å². The van der Waals surface area contributed by atoms with E-state index in [1.54, 1.807) is 12.5 Å². The molecule has 0 unspecified atom stereocenters. The molecule has 2 aromatic heterocycles. The molecule has 102 valence electrons. The molecule has 3 aromatic rings. The topological polar surface area (TPSA) is 56.7 Å². The molecule has 3 rings (SSSR count). The molecule has 0 saturated carbocycles. The van der Waals surface area contributed by atoms with Gasteiger partial charge in [-0.15, -0.1) is 0 Å². The minimum atomic E-state index is 0.585. The standard InChI is InChI=1S/C14H13BrN4O/c15-12-4-1-11(2-5-12)3-6-14-17-13(18-20-14)9-19-8-7-16-10-19/h1-2,4-5,7-8,10H,3,6,9H2. The van der Waals surface area contributed by atoms with Crippen LogP contribution in [-0.4, -0.2) is 19.7 Å². The van der Waals surface area contributed by atoms with Crippen LogP contribution in [0, 0.1) is 0 Å². The average Bonchev–Trinajstić information content (AvgIpc) is 3.11. The maximum atomic E-state index is 5.25. The number of aryl methyl sites for hydroxylation is 2. The Bertz CT molecular complexity index is 661. The lowest BCUT2D eigenvalue weighted by atomic mass is 10.1. The van der Waals surface area contributed by atoms with Crippen molar-refractivity contribution in [3.8, 4) is 0 Å². The summed E-state index contributed by atoms with van der Waals surface area (Å²) in [6.45, 7) is 0.585. The molecule has 0 aliphatic rings. The Balaban J connectivity index is 1.58. The predicted octanol–water partition coefficient (Wildman–Crippen LogP) is 2.86. The highest BCUT2D eigenvalue weighted by molar-refractivity contribution is 9.10. The monoisotopic (exact) mass is 332 g/mol. The van der Waals surface area contributed by atoms with Crippen molar-refractivity contribution in [3.05, 3.63) is 64.7 Å². The first-order chi connectivity index (χ1) is 9.79. The molecule has 1 aromatic carbocycles. The molecule has 0 amide bonds. The summed E-state index contributed by atoms with van der Waals surface area (Å²) in [6, 6.07) is 8.25. The first kappa shape index (κ1) is 13.1. The molecule has 0 spiro atoms. The van der Waals surface area contributed by atoms with Crippen LogP contribution in [0.4, 0.5) is 0 Å². The lowest BCUT2D eigenvalue weighted by Crippen LogP contribution is -1.99. The highest BCUT2D eigenvalue weighted by atomic mass is 79.9. The van der Waals surface area contributed by atoms with Gasteiger partial charge >= 0.3 is 0 Å². The largest absolute Gasteiger partial charge is 0.339 e. The number of hydrogen-bond donors (Lipinski definition) is 0. The zero-order valence-corrected chi connectivity index (χ0v) is 12.3. The number of rotatable bonds is 5. The van der Waals surface area contributed by atoms with Crippen LogP contribution in [0.25, 0.3) is 0 Å². The Hall–Kier alpha value is -1.95. The van der Waals surface area contributed by atoms with E-state index >= 15 is 0 Å².